The molecule has 25 heavy (non-hydrogen) atoms. The van der Waals surface area contributed by atoms with Crippen molar-refractivity contribution in [2.75, 3.05) is 0 Å². The summed E-state index contributed by atoms with van der Waals surface area (Å²) in [6.45, 7) is 0.817. The van der Waals surface area contributed by atoms with Crippen molar-refractivity contribution in [3.63, 3.8) is 0 Å². The van der Waals surface area contributed by atoms with Gasteiger partial charge in [-0.15, -0.1) is 10.2 Å². The first kappa shape index (κ1) is 15.8. The molecule has 0 aliphatic heterocycles. The minimum absolute atomic E-state index is 0.771. The fraction of sp³-hybridized carbons (Fsp3) is 0.158. The first-order valence-electron chi connectivity index (χ1n) is 8.14. The number of hydrogen-bond acceptors (Lipinski definition) is 5. The normalized spacial score (nSPS) is 11.0. The van der Waals surface area contributed by atoms with Crippen molar-refractivity contribution >= 4 is 22.7 Å². The van der Waals surface area contributed by atoms with Crippen molar-refractivity contribution in [2.24, 2.45) is 0 Å². The summed E-state index contributed by atoms with van der Waals surface area (Å²) in [6.07, 6.45) is 4.46. The first-order chi connectivity index (χ1) is 12.4. The van der Waals surface area contributed by atoms with Crippen LogP contribution in [0.1, 0.15) is 11.4 Å². The summed E-state index contributed by atoms with van der Waals surface area (Å²) in [7, 11) is 0. The summed E-state index contributed by atoms with van der Waals surface area (Å²) >= 11 is 1.66. The van der Waals surface area contributed by atoms with Gasteiger partial charge < -0.3 is 4.57 Å². The van der Waals surface area contributed by atoms with Crippen molar-refractivity contribution in [1.29, 1.82) is 0 Å². The number of pyridine rings is 2. The van der Waals surface area contributed by atoms with Crippen molar-refractivity contribution in [3.05, 3.63) is 78.5 Å². The molecule has 0 fully saturated rings. The number of thioether (sulfide) groups is 1. The van der Waals surface area contributed by atoms with E-state index in [0.29, 0.717) is 0 Å². The van der Waals surface area contributed by atoms with E-state index < -0.39 is 0 Å². The molecule has 0 aliphatic rings. The van der Waals surface area contributed by atoms with E-state index in [2.05, 4.69) is 37.9 Å². The van der Waals surface area contributed by atoms with Crippen LogP contribution in [0, 0.1) is 0 Å². The fourth-order valence-electron chi connectivity index (χ4n) is 2.62. The number of aryl methyl sites for hydroxylation is 2. The molecule has 5 nitrogen and oxygen atoms in total. The maximum atomic E-state index is 4.71. The lowest BCUT2D eigenvalue weighted by atomic mass is 10.2. The molecule has 0 amide bonds. The van der Waals surface area contributed by atoms with Gasteiger partial charge in [-0.1, -0.05) is 42.1 Å². The van der Waals surface area contributed by atoms with Gasteiger partial charge in [0, 0.05) is 36.0 Å². The lowest BCUT2D eigenvalue weighted by Gasteiger charge is -2.06. The van der Waals surface area contributed by atoms with Crippen molar-refractivity contribution in [2.45, 2.75) is 23.9 Å². The number of hydrogen-bond donors (Lipinski definition) is 0. The highest BCUT2D eigenvalue weighted by molar-refractivity contribution is 7.98. The SMILES string of the molecule is c1ccc(CCn2cnnc2SCc2ccc3ccccc3n2)nc1. The summed E-state index contributed by atoms with van der Waals surface area (Å²) in [4.78, 5) is 9.07. The Morgan fingerprint density at radius 3 is 2.76 bits per heavy atom. The molecule has 3 aromatic heterocycles. The third-order valence-electron chi connectivity index (χ3n) is 3.92. The highest BCUT2D eigenvalue weighted by Crippen LogP contribution is 2.21. The van der Waals surface area contributed by atoms with Crippen LogP contribution in [0.5, 0.6) is 0 Å². The van der Waals surface area contributed by atoms with Gasteiger partial charge in [-0.25, -0.2) is 0 Å². The average molecular weight is 347 g/mol. The minimum atomic E-state index is 0.771. The van der Waals surface area contributed by atoms with Crippen LogP contribution in [0.4, 0.5) is 0 Å². The third kappa shape index (κ3) is 3.85. The molecule has 0 spiro atoms. The van der Waals surface area contributed by atoms with Gasteiger partial charge in [-0.3, -0.25) is 9.97 Å². The van der Waals surface area contributed by atoms with E-state index >= 15 is 0 Å². The smallest absolute Gasteiger partial charge is 0.191 e. The predicted octanol–water partition coefficient (Wildman–Crippen LogP) is 3.76. The molecular weight excluding hydrogens is 330 g/mol. The highest BCUT2D eigenvalue weighted by Gasteiger charge is 2.07. The van der Waals surface area contributed by atoms with Crippen molar-refractivity contribution in [3.8, 4) is 0 Å². The van der Waals surface area contributed by atoms with E-state index in [1.54, 1.807) is 18.1 Å². The highest BCUT2D eigenvalue weighted by atomic mass is 32.2. The molecule has 0 aliphatic carbocycles. The number of aromatic nitrogens is 5. The van der Waals surface area contributed by atoms with Gasteiger partial charge in [0.25, 0.3) is 0 Å². The Hall–Kier alpha value is -2.73. The molecule has 0 saturated heterocycles. The average Bonchev–Trinajstić information content (AvgIpc) is 3.13. The Bertz CT molecular complexity index is 968. The standard InChI is InChI=1S/C19H17N5S/c1-2-7-18-15(5-1)8-9-17(22-18)13-25-19-23-21-14-24(19)12-10-16-6-3-4-11-20-16/h1-9,11,14H,10,12-13H2. The van der Waals surface area contributed by atoms with E-state index in [0.717, 1.165) is 46.2 Å². The molecule has 0 atom stereocenters. The van der Waals surface area contributed by atoms with Crippen LogP contribution in [-0.2, 0) is 18.7 Å². The van der Waals surface area contributed by atoms with Crippen LogP contribution < -0.4 is 0 Å². The Labute approximate surface area is 150 Å². The Morgan fingerprint density at radius 2 is 1.84 bits per heavy atom. The van der Waals surface area contributed by atoms with Gasteiger partial charge in [-0.05, 0) is 24.3 Å². The van der Waals surface area contributed by atoms with Crippen molar-refractivity contribution in [1.82, 2.24) is 24.7 Å². The van der Waals surface area contributed by atoms with Crippen LogP contribution in [0.3, 0.4) is 0 Å². The van der Waals surface area contributed by atoms with Gasteiger partial charge in [0.2, 0.25) is 0 Å². The quantitative estimate of drug-likeness (QED) is 0.497. The Balaban J connectivity index is 1.41. The van der Waals surface area contributed by atoms with E-state index in [9.17, 15) is 0 Å². The maximum Gasteiger partial charge on any atom is 0.191 e. The predicted molar refractivity (Wildman–Crippen MR) is 99.3 cm³/mol. The second-order valence-corrected chi connectivity index (χ2v) is 6.60. The second kappa shape index (κ2) is 7.44. The summed E-state index contributed by atoms with van der Waals surface area (Å²) in [5.74, 6) is 0.771. The Morgan fingerprint density at radius 1 is 0.920 bits per heavy atom. The first-order valence-corrected chi connectivity index (χ1v) is 9.12. The van der Waals surface area contributed by atoms with Gasteiger partial charge in [0.1, 0.15) is 6.33 Å². The van der Waals surface area contributed by atoms with Gasteiger partial charge in [-0.2, -0.15) is 0 Å². The lowest BCUT2D eigenvalue weighted by molar-refractivity contribution is 0.626. The summed E-state index contributed by atoms with van der Waals surface area (Å²) in [6, 6.07) is 18.3. The monoisotopic (exact) mass is 347 g/mol. The largest absolute Gasteiger partial charge is 0.308 e. The third-order valence-corrected chi connectivity index (χ3v) is 4.93. The maximum absolute atomic E-state index is 4.71. The molecular formula is C19H17N5S. The topological polar surface area (TPSA) is 56.5 Å². The van der Waals surface area contributed by atoms with Gasteiger partial charge in [0.15, 0.2) is 5.16 Å². The number of nitrogens with zero attached hydrogens (tertiary/aromatic N) is 5. The zero-order chi connectivity index (χ0) is 16.9. The molecule has 0 unspecified atom stereocenters. The van der Waals surface area contributed by atoms with Crippen LogP contribution in [0.25, 0.3) is 10.9 Å². The van der Waals surface area contributed by atoms with E-state index in [-0.39, 0.29) is 0 Å². The lowest BCUT2D eigenvalue weighted by Crippen LogP contribution is -2.03. The number of para-hydroxylation sites is 1. The zero-order valence-electron chi connectivity index (χ0n) is 13.6. The fourth-order valence-corrected chi connectivity index (χ4v) is 3.46. The molecule has 3 heterocycles. The zero-order valence-corrected chi connectivity index (χ0v) is 14.4. The molecule has 1 aromatic carbocycles. The molecule has 4 rings (SSSR count). The van der Waals surface area contributed by atoms with Crippen LogP contribution in [0.2, 0.25) is 0 Å². The molecule has 0 radical (unpaired) electrons. The molecule has 0 saturated carbocycles. The van der Waals surface area contributed by atoms with Crippen molar-refractivity contribution < 1.29 is 0 Å². The minimum Gasteiger partial charge on any atom is -0.308 e. The molecule has 6 heteroatoms. The number of benzene rings is 1. The van der Waals surface area contributed by atoms with Crippen LogP contribution >= 0.6 is 11.8 Å². The van der Waals surface area contributed by atoms with Gasteiger partial charge in [0.05, 0.1) is 11.2 Å². The Kier molecular flexibility index (Phi) is 4.70. The molecule has 0 bridgehead atoms. The van der Waals surface area contributed by atoms with Crippen LogP contribution in [0.15, 0.2) is 72.3 Å². The summed E-state index contributed by atoms with van der Waals surface area (Å²) in [5, 5.41) is 10.4. The number of fused-ring (bicyclic) bond motifs is 1. The molecule has 124 valence electrons. The second-order valence-electron chi connectivity index (χ2n) is 5.66. The number of rotatable bonds is 6. The summed E-state index contributed by atoms with van der Waals surface area (Å²) in [5.41, 5.74) is 3.14. The van der Waals surface area contributed by atoms with Gasteiger partial charge >= 0.3 is 0 Å². The molecule has 0 N–H and O–H groups in total. The summed E-state index contributed by atoms with van der Waals surface area (Å²) < 4.78 is 2.07. The van der Waals surface area contributed by atoms with E-state index in [4.69, 9.17) is 4.98 Å². The van der Waals surface area contributed by atoms with Crippen LogP contribution in [-0.4, -0.2) is 24.7 Å². The van der Waals surface area contributed by atoms with E-state index in [1.165, 1.54) is 0 Å². The van der Waals surface area contributed by atoms with E-state index in [1.807, 2.05) is 42.6 Å². The molecule has 4 aromatic rings.